The largest absolute Gasteiger partial charge is 0.494 e. The second kappa shape index (κ2) is 14.2. The molecule has 45 heavy (non-hydrogen) atoms. The monoisotopic (exact) mass is 662 g/mol. The van der Waals surface area contributed by atoms with Crippen molar-refractivity contribution in [2.45, 2.75) is 45.1 Å². The zero-order valence-electron chi connectivity index (χ0n) is 25.1. The van der Waals surface area contributed by atoms with Crippen molar-refractivity contribution in [3.05, 3.63) is 80.6 Å². The Labute approximate surface area is 269 Å². The summed E-state index contributed by atoms with van der Waals surface area (Å²) in [5.41, 5.74) is 2.54. The number of amides is 1. The number of halogens is 4. The van der Waals surface area contributed by atoms with Crippen LogP contribution >= 0.6 is 23.2 Å². The van der Waals surface area contributed by atoms with Crippen LogP contribution in [0.5, 0.6) is 11.5 Å². The Balaban J connectivity index is 0.000000228. The van der Waals surface area contributed by atoms with Crippen LogP contribution in [-0.2, 0) is 10.4 Å². The van der Waals surface area contributed by atoms with Gasteiger partial charge in [-0.3, -0.25) is 4.79 Å². The third kappa shape index (κ3) is 6.97. The Kier molecular flexibility index (Phi) is 10.8. The molecule has 3 heterocycles. The normalized spacial score (nSPS) is 16.3. The van der Waals surface area contributed by atoms with E-state index in [2.05, 4.69) is 27.2 Å². The molecule has 1 fully saturated rings. The van der Waals surface area contributed by atoms with Gasteiger partial charge in [0.15, 0.2) is 11.6 Å². The number of benzene rings is 2. The van der Waals surface area contributed by atoms with E-state index in [1.165, 1.54) is 12.1 Å². The van der Waals surface area contributed by atoms with Crippen molar-refractivity contribution in [1.82, 2.24) is 15.3 Å². The molecular weight excluding hydrogens is 629 g/mol. The van der Waals surface area contributed by atoms with Crippen LogP contribution < -0.4 is 20.7 Å². The molecule has 1 aliphatic carbocycles. The minimum atomic E-state index is -1.39. The number of aromatic nitrogens is 2. The number of nitrogens with zero attached hydrogens (tertiary/aromatic N) is 2. The van der Waals surface area contributed by atoms with Crippen molar-refractivity contribution >= 4 is 40.5 Å². The van der Waals surface area contributed by atoms with Crippen LogP contribution in [0.1, 0.15) is 48.2 Å². The molecule has 0 radical (unpaired) electrons. The smallest absolute Gasteiger partial charge is 0.207 e. The fourth-order valence-electron chi connectivity index (χ4n) is 5.30. The number of carbonyl (C=O) groups is 1. The predicted molar refractivity (Wildman–Crippen MR) is 168 cm³/mol. The number of aryl methyl sites for hydroxylation is 2. The Morgan fingerprint density at radius 3 is 2.47 bits per heavy atom. The zero-order valence-corrected chi connectivity index (χ0v) is 26.6. The lowest BCUT2D eigenvalue weighted by atomic mass is 9.89. The summed E-state index contributed by atoms with van der Waals surface area (Å²) >= 11 is 11.7. The second-order valence-electron chi connectivity index (χ2n) is 11.0. The van der Waals surface area contributed by atoms with Gasteiger partial charge in [0.25, 0.3) is 0 Å². The lowest BCUT2D eigenvalue weighted by Gasteiger charge is -2.28. The predicted octanol–water partition coefficient (Wildman–Crippen LogP) is 6.37. The molecule has 0 saturated heterocycles. The van der Waals surface area contributed by atoms with E-state index in [4.69, 9.17) is 37.9 Å². The fourth-order valence-corrected chi connectivity index (χ4v) is 5.61. The van der Waals surface area contributed by atoms with E-state index in [1.54, 1.807) is 13.2 Å². The number of fused-ring (bicyclic) bond motifs is 2. The van der Waals surface area contributed by atoms with Gasteiger partial charge in [0.1, 0.15) is 28.3 Å². The summed E-state index contributed by atoms with van der Waals surface area (Å²) in [6.45, 7) is 6.22. The van der Waals surface area contributed by atoms with E-state index in [-0.39, 0.29) is 34.7 Å². The number of rotatable bonds is 7. The second-order valence-corrected chi connectivity index (χ2v) is 11.8. The minimum Gasteiger partial charge on any atom is -0.494 e. The summed E-state index contributed by atoms with van der Waals surface area (Å²) in [5.74, 6) is 2.32. The lowest BCUT2D eigenvalue weighted by Crippen LogP contribution is -2.40. The summed E-state index contributed by atoms with van der Waals surface area (Å²) in [5, 5.41) is 21.7. The maximum absolute atomic E-state index is 14.6. The quantitative estimate of drug-likeness (QED) is 0.102. The molecule has 0 spiro atoms. The first-order valence-electron chi connectivity index (χ1n) is 14.1. The first-order valence-corrected chi connectivity index (χ1v) is 14.8. The number of aliphatic hydroxyl groups is 1. The first-order chi connectivity index (χ1) is 21.5. The van der Waals surface area contributed by atoms with E-state index in [0.29, 0.717) is 29.5 Å². The number of methoxy groups -OCH3 is 1. The first kappa shape index (κ1) is 34.3. The molecule has 2 atom stereocenters. The van der Waals surface area contributed by atoms with Gasteiger partial charge >= 0.3 is 0 Å². The van der Waals surface area contributed by atoms with Crippen LogP contribution in [0.4, 0.5) is 8.78 Å². The summed E-state index contributed by atoms with van der Waals surface area (Å²) in [6.07, 6.45) is 2.10. The zero-order chi connectivity index (χ0) is 33.1. The molecule has 2 aliphatic rings. The van der Waals surface area contributed by atoms with Crippen LogP contribution in [0.15, 0.2) is 36.4 Å². The van der Waals surface area contributed by atoms with Crippen LogP contribution in [0, 0.1) is 31.4 Å². The highest BCUT2D eigenvalue weighted by molar-refractivity contribution is 6.32. The summed E-state index contributed by atoms with van der Waals surface area (Å²) in [7, 11) is 1.65. The van der Waals surface area contributed by atoms with Gasteiger partial charge in [0.05, 0.1) is 41.7 Å². The van der Waals surface area contributed by atoms with E-state index in [1.807, 2.05) is 32.9 Å². The Morgan fingerprint density at radius 1 is 1.11 bits per heavy atom. The molecule has 5 N–H and O–H groups in total. The Bertz CT molecular complexity index is 1720. The number of carbonyl (C=O) groups excluding carboxylic acids is 1. The van der Waals surface area contributed by atoms with Crippen molar-refractivity contribution < 1.29 is 33.4 Å². The number of ether oxygens (including phenoxy) is 2. The number of pyridine rings is 2. The lowest BCUT2D eigenvalue weighted by molar-refractivity contribution is -0.111. The van der Waals surface area contributed by atoms with Gasteiger partial charge in [0, 0.05) is 22.4 Å². The van der Waals surface area contributed by atoms with Gasteiger partial charge in [-0.05, 0) is 74.6 Å². The van der Waals surface area contributed by atoms with Gasteiger partial charge in [-0.25, -0.2) is 24.6 Å². The molecule has 13 heteroatoms. The van der Waals surface area contributed by atoms with E-state index >= 15 is 0 Å². The summed E-state index contributed by atoms with van der Waals surface area (Å²) < 4.78 is 39.7. The molecule has 4 aromatic rings. The highest BCUT2D eigenvalue weighted by atomic mass is 35.5. The van der Waals surface area contributed by atoms with Gasteiger partial charge in [-0.2, -0.15) is 0 Å². The van der Waals surface area contributed by atoms with Crippen LogP contribution in [0.2, 0.25) is 10.0 Å². The molecule has 1 saturated carbocycles. The molecular formula is C32H34Cl2F2N4O5. The van der Waals surface area contributed by atoms with Crippen molar-refractivity contribution in [2.75, 3.05) is 20.3 Å². The molecule has 2 unspecified atom stereocenters. The number of hydrogen-bond donors (Lipinski definition) is 4. The highest BCUT2D eigenvalue weighted by Gasteiger charge is 2.47. The van der Waals surface area contributed by atoms with E-state index in [9.17, 15) is 18.7 Å². The van der Waals surface area contributed by atoms with Crippen LogP contribution in [0.3, 0.4) is 0 Å². The van der Waals surface area contributed by atoms with E-state index in [0.717, 1.165) is 46.3 Å². The maximum Gasteiger partial charge on any atom is 0.207 e. The topological polar surface area (TPSA) is 140 Å². The maximum atomic E-state index is 14.6. The molecule has 0 bridgehead atoms. The van der Waals surface area contributed by atoms with Crippen molar-refractivity contribution in [3.63, 3.8) is 0 Å². The Hall–Kier alpha value is -3.61. The van der Waals surface area contributed by atoms with Gasteiger partial charge in [-0.1, -0.05) is 30.1 Å². The average Bonchev–Trinajstić information content (AvgIpc) is 3.83. The third-order valence-corrected chi connectivity index (χ3v) is 8.50. The van der Waals surface area contributed by atoms with Gasteiger partial charge in [0.2, 0.25) is 6.41 Å². The third-order valence-electron chi connectivity index (χ3n) is 7.83. The van der Waals surface area contributed by atoms with Crippen molar-refractivity contribution in [1.29, 1.82) is 0 Å². The molecule has 2 aromatic heterocycles. The fraction of sp³-hybridized carbons (Fsp3) is 0.344. The average molecular weight is 664 g/mol. The molecule has 1 amide bonds. The molecule has 1 aliphatic heterocycles. The van der Waals surface area contributed by atoms with Crippen LogP contribution in [-0.4, -0.2) is 47.0 Å². The summed E-state index contributed by atoms with van der Waals surface area (Å²) in [6, 6.07) is 10.3. The summed E-state index contributed by atoms with van der Waals surface area (Å²) in [4.78, 5) is 19.7. The van der Waals surface area contributed by atoms with Crippen molar-refractivity contribution in [2.24, 2.45) is 11.8 Å². The van der Waals surface area contributed by atoms with Gasteiger partial charge < -0.3 is 25.1 Å². The minimum absolute atomic E-state index is 0.00167. The molecule has 9 nitrogen and oxygen atoms in total. The number of nitrogens with one attached hydrogen (secondary N) is 1. The molecule has 2 aromatic carbocycles. The Morgan fingerprint density at radius 2 is 1.82 bits per heavy atom. The molecule has 6 rings (SSSR count). The van der Waals surface area contributed by atoms with Crippen LogP contribution in [0.25, 0.3) is 22.2 Å². The molecule has 240 valence electrons. The SMILES string of the molecule is CC1COc2c1cc(C(O)(CNC=O)C1CC1)nc2-c1ccc(Cl)c(F)c1F.COc1cc(C)cc2cc(Cl)c(C)nc12.NO. The number of hydrogen-bond acceptors (Lipinski definition) is 8. The number of nitrogens with two attached hydrogens (primary N) is 1. The van der Waals surface area contributed by atoms with Crippen molar-refractivity contribution in [3.8, 4) is 22.8 Å². The van der Waals surface area contributed by atoms with E-state index < -0.39 is 17.2 Å². The standard InChI is InChI=1S/C20H19ClF2N2O3.C12H12ClNO.H3NO/c1-10-7-28-19-13(10)6-15(20(27,8-24-9-26)11-2-3-11)25-18(19)12-4-5-14(21)17(23)16(12)22;1-7-4-9-6-10(13)8(2)14-12(9)11(5-7)15-3;1-2/h4-6,9-11,27H,2-3,7-8H2,1H3,(H,24,26);4-6H,1-3H3;2H,1H2. The highest BCUT2D eigenvalue weighted by Crippen LogP contribution is 2.49. The van der Waals surface area contributed by atoms with Gasteiger partial charge in [-0.15, -0.1) is 0 Å².